The maximum absolute atomic E-state index is 14.9. The summed E-state index contributed by atoms with van der Waals surface area (Å²) in [5.74, 6) is -1.85. The molecule has 0 saturated carbocycles. The second-order valence-corrected chi connectivity index (χ2v) is 13.1. The Morgan fingerprint density at radius 3 is 2.25 bits per heavy atom. The number of nitrogens with zero attached hydrogens (tertiary/aromatic N) is 3. The number of aryl methyl sites for hydroxylation is 1. The summed E-state index contributed by atoms with van der Waals surface area (Å²) >= 11 is 0. The summed E-state index contributed by atoms with van der Waals surface area (Å²) in [5, 5.41) is 9.38. The zero-order chi connectivity index (χ0) is 32.5. The number of β-amino-alcohol motifs (C(OH)–C–C–N with tert-alkyl or cyclic N) is 1. The van der Waals surface area contributed by atoms with E-state index in [1.165, 1.54) is 4.90 Å². The van der Waals surface area contributed by atoms with Crippen LogP contribution >= 0.6 is 0 Å². The third-order valence-electron chi connectivity index (χ3n) is 8.71. The van der Waals surface area contributed by atoms with Crippen molar-refractivity contribution in [3.63, 3.8) is 0 Å². The van der Waals surface area contributed by atoms with Gasteiger partial charge in [-0.25, -0.2) is 17.2 Å². The van der Waals surface area contributed by atoms with Gasteiger partial charge in [-0.1, -0.05) is 0 Å². The highest BCUT2D eigenvalue weighted by Crippen LogP contribution is 2.56. The summed E-state index contributed by atoms with van der Waals surface area (Å²) in [5.41, 5.74) is -8.50. The lowest BCUT2D eigenvalue weighted by atomic mass is 9.80. The molecule has 3 aliphatic rings. The Balaban J connectivity index is 1.67. The van der Waals surface area contributed by atoms with E-state index in [1.807, 2.05) is 0 Å². The van der Waals surface area contributed by atoms with Gasteiger partial charge in [0.05, 0.1) is 23.2 Å². The summed E-state index contributed by atoms with van der Waals surface area (Å²) in [7, 11) is -4.70. The number of amides is 2. The third-order valence-corrected chi connectivity index (χ3v) is 11.2. The van der Waals surface area contributed by atoms with Crippen LogP contribution in [0, 0.1) is 5.82 Å². The molecule has 8 nitrogen and oxygen atoms in total. The van der Waals surface area contributed by atoms with E-state index < -0.39 is 91.5 Å². The van der Waals surface area contributed by atoms with E-state index >= 15 is 0 Å². The van der Waals surface area contributed by atoms with Crippen LogP contribution in [0.15, 0.2) is 41.4 Å². The number of benzene rings is 1. The zero-order valence-electron chi connectivity index (χ0n) is 22.6. The van der Waals surface area contributed by atoms with Gasteiger partial charge in [0, 0.05) is 31.3 Å². The molecule has 2 aromatic rings. The van der Waals surface area contributed by atoms with Crippen molar-refractivity contribution in [3.05, 3.63) is 59.2 Å². The molecule has 1 aromatic heterocycles. The number of aliphatic hydroxyl groups is 1. The Labute approximate surface area is 245 Å². The Kier molecular flexibility index (Phi) is 7.75. The van der Waals surface area contributed by atoms with Crippen LogP contribution in [0.3, 0.4) is 0 Å². The van der Waals surface area contributed by atoms with Crippen molar-refractivity contribution in [2.75, 3.05) is 19.7 Å². The normalized spacial score (nSPS) is 24.4. The first-order chi connectivity index (χ1) is 20.4. The van der Waals surface area contributed by atoms with E-state index in [4.69, 9.17) is 0 Å². The minimum Gasteiger partial charge on any atom is -0.395 e. The van der Waals surface area contributed by atoms with E-state index in [9.17, 15) is 58.2 Å². The molecule has 3 heterocycles. The number of alkyl halides is 7. The number of aromatic nitrogens is 1. The van der Waals surface area contributed by atoms with Crippen molar-refractivity contribution >= 4 is 21.7 Å². The van der Waals surface area contributed by atoms with E-state index in [0.717, 1.165) is 29.2 Å². The van der Waals surface area contributed by atoms with Gasteiger partial charge in [0.2, 0.25) is 11.8 Å². The van der Waals surface area contributed by atoms with Gasteiger partial charge in [-0.3, -0.25) is 14.6 Å². The lowest BCUT2D eigenvalue weighted by Gasteiger charge is -2.42. The first-order valence-corrected chi connectivity index (χ1v) is 14.9. The average Bonchev–Trinajstić information content (AvgIpc) is 3.53. The molecule has 2 saturated heterocycles. The highest BCUT2D eigenvalue weighted by atomic mass is 32.2. The second-order valence-electron chi connectivity index (χ2n) is 10.9. The van der Waals surface area contributed by atoms with Crippen molar-refractivity contribution in [1.82, 2.24) is 14.8 Å². The van der Waals surface area contributed by atoms with Crippen LogP contribution in [0.5, 0.6) is 0 Å². The number of hydrogen-bond acceptors (Lipinski definition) is 6. The van der Waals surface area contributed by atoms with Crippen molar-refractivity contribution in [1.29, 1.82) is 0 Å². The van der Waals surface area contributed by atoms with Crippen LogP contribution in [0.1, 0.15) is 42.5 Å². The number of halogens is 8. The molecule has 1 aliphatic carbocycles. The van der Waals surface area contributed by atoms with Gasteiger partial charge < -0.3 is 14.9 Å². The number of likely N-dealkylation sites (tertiary alicyclic amines) is 2. The van der Waals surface area contributed by atoms with E-state index in [1.54, 1.807) is 0 Å². The zero-order valence-corrected chi connectivity index (χ0v) is 23.4. The molecule has 240 valence electrons. The largest absolute Gasteiger partial charge is 0.436 e. The first kappa shape index (κ1) is 32.1. The molecule has 3 atom stereocenters. The average molecular weight is 656 g/mol. The van der Waals surface area contributed by atoms with Crippen molar-refractivity contribution in [3.8, 4) is 0 Å². The molecular formula is C27H25F8N3O5S. The minimum absolute atomic E-state index is 0.00717. The van der Waals surface area contributed by atoms with E-state index in [0.29, 0.717) is 6.07 Å². The molecule has 44 heavy (non-hydrogen) atoms. The van der Waals surface area contributed by atoms with Gasteiger partial charge >= 0.3 is 18.0 Å². The van der Waals surface area contributed by atoms with E-state index in [-0.39, 0.29) is 50.5 Å². The quantitative estimate of drug-likeness (QED) is 0.376. The molecule has 2 aliphatic heterocycles. The van der Waals surface area contributed by atoms with Crippen LogP contribution in [0.4, 0.5) is 35.1 Å². The summed E-state index contributed by atoms with van der Waals surface area (Å²) in [4.78, 5) is 31.8. The van der Waals surface area contributed by atoms with Crippen LogP contribution in [0.25, 0.3) is 0 Å². The SMILES string of the molecule is O=C1CCC(C(=O)N2CCC3(S(=O)(=O)c4ccc(F)cc4)c4ncc(C(F)(C(F)(F)F)C(F)(F)F)cc4CCC23)N1CCO. The van der Waals surface area contributed by atoms with Crippen molar-refractivity contribution in [2.24, 2.45) is 0 Å². The fraction of sp³-hybridized carbons (Fsp3) is 0.519. The molecular weight excluding hydrogens is 630 g/mol. The van der Waals surface area contributed by atoms with Gasteiger partial charge in [0.25, 0.3) is 0 Å². The van der Waals surface area contributed by atoms with Gasteiger partial charge in [-0.05, 0) is 61.6 Å². The molecule has 2 fully saturated rings. The van der Waals surface area contributed by atoms with Crippen LogP contribution in [-0.2, 0) is 36.3 Å². The molecule has 1 aromatic carbocycles. The van der Waals surface area contributed by atoms with Crippen LogP contribution in [-0.4, -0.2) is 84.3 Å². The standard InChI is InChI=1S/C27H25F8N3O5S/c28-17-2-4-18(5-3-17)44(42,43)24-9-10-38(23(41)19-6-8-21(40)37(19)11-12-39)20(24)7-1-15-13-16(14-36-22(15)24)25(29,26(30,31)32)27(33,34)35/h2-5,13-14,19-20,39H,1,6-12H2. The molecule has 0 spiro atoms. The number of sulfone groups is 1. The molecule has 17 heteroatoms. The smallest absolute Gasteiger partial charge is 0.395 e. The molecule has 1 N–H and O–H groups in total. The summed E-state index contributed by atoms with van der Waals surface area (Å²) < 4.78 is 136. The lowest BCUT2D eigenvalue weighted by Crippen LogP contribution is -2.56. The van der Waals surface area contributed by atoms with Gasteiger partial charge in [0.1, 0.15) is 16.6 Å². The summed E-state index contributed by atoms with van der Waals surface area (Å²) in [6.07, 6.45) is -13.8. The van der Waals surface area contributed by atoms with Crippen LogP contribution in [0.2, 0.25) is 0 Å². The number of fused-ring (bicyclic) bond motifs is 3. The minimum atomic E-state index is -6.42. The highest BCUT2D eigenvalue weighted by molar-refractivity contribution is 7.92. The van der Waals surface area contributed by atoms with Gasteiger partial charge in [0.15, 0.2) is 9.84 Å². The first-order valence-electron chi connectivity index (χ1n) is 13.4. The highest BCUT2D eigenvalue weighted by Gasteiger charge is 2.74. The maximum atomic E-state index is 14.9. The topological polar surface area (TPSA) is 108 Å². The number of carbonyl (C=O) groups is 2. The number of hydrogen-bond donors (Lipinski definition) is 1. The molecule has 0 bridgehead atoms. The Morgan fingerprint density at radius 1 is 1.02 bits per heavy atom. The number of aliphatic hydroxyl groups excluding tert-OH is 1. The fourth-order valence-electron chi connectivity index (χ4n) is 6.68. The Morgan fingerprint density at radius 2 is 1.66 bits per heavy atom. The molecule has 5 rings (SSSR count). The monoisotopic (exact) mass is 655 g/mol. The molecule has 3 unspecified atom stereocenters. The Hall–Kier alpha value is -3.34. The van der Waals surface area contributed by atoms with Crippen molar-refractivity contribution in [2.45, 2.75) is 71.9 Å². The summed E-state index contributed by atoms with van der Waals surface area (Å²) in [6, 6.07) is 1.58. The Bertz CT molecular complexity index is 1570. The lowest BCUT2D eigenvalue weighted by molar-refractivity contribution is -0.348. The maximum Gasteiger partial charge on any atom is 0.436 e. The van der Waals surface area contributed by atoms with Gasteiger partial charge in [-0.15, -0.1) is 0 Å². The van der Waals surface area contributed by atoms with Crippen LogP contribution < -0.4 is 0 Å². The van der Waals surface area contributed by atoms with E-state index in [2.05, 4.69) is 4.98 Å². The van der Waals surface area contributed by atoms with Gasteiger partial charge in [-0.2, -0.15) is 26.3 Å². The summed E-state index contributed by atoms with van der Waals surface area (Å²) in [6.45, 7) is -0.862. The molecule has 2 amide bonds. The third kappa shape index (κ3) is 4.56. The number of pyridine rings is 1. The number of carbonyl (C=O) groups excluding carboxylic acids is 2. The second kappa shape index (κ2) is 10.6. The molecule has 0 radical (unpaired) electrons. The number of rotatable bonds is 6. The van der Waals surface area contributed by atoms with Crippen molar-refractivity contribution < 1.29 is 58.2 Å². The predicted octanol–water partition coefficient (Wildman–Crippen LogP) is 3.71. The predicted molar refractivity (Wildman–Crippen MR) is 135 cm³/mol. The fourth-order valence-corrected chi connectivity index (χ4v) is 8.99.